The van der Waals surface area contributed by atoms with Crippen LogP contribution in [0.2, 0.25) is 0 Å². The molecule has 3 heterocycles. The third-order valence-corrected chi connectivity index (χ3v) is 3.94. The maximum atomic E-state index is 12.0. The van der Waals surface area contributed by atoms with E-state index in [1.165, 1.54) is 10.9 Å². The van der Waals surface area contributed by atoms with Crippen LogP contribution < -0.4 is 5.32 Å². The highest BCUT2D eigenvalue weighted by atomic mass is 16.4. The molecule has 1 atom stereocenters. The fraction of sp³-hybridized carbons (Fsp3) is 0.667. The lowest BCUT2D eigenvalue weighted by molar-refractivity contribution is -0.138. The fourth-order valence-corrected chi connectivity index (χ4v) is 2.64. The number of likely N-dealkylation sites (tertiary alicyclic amines) is 1. The number of carbonyl (C=O) groups is 2. The van der Waals surface area contributed by atoms with E-state index in [4.69, 9.17) is 5.11 Å². The number of aromatic carboxylic acids is 1. The Hall–Kier alpha value is -1.96. The van der Waals surface area contributed by atoms with Crippen LogP contribution in [0, 0.1) is 5.92 Å². The van der Waals surface area contributed by atoms with Crippen molar-refractivity contribution in [1.82, 2.24) is 25.2 Å². The smallest absolute Gasteiger partial charge is 0.358 e. The van der Waals surface area contributed by atoms with Gasteiger partial charge in [-0.05, 0) is 25.4 Å². The minimum absolute atomic E-state index is 0.0428. The van der Waals surface area contributed by atoms with Gasteiger partial charge in [0.05, 0.1) is 12.2 Å². The Morgan fingerprint density at radius 3 is 2.85 bits per heavy atom. The van der Waals surface area contributed by atoms with Crippen molar-refractivity contribution in [3.05, 3.63) is 11.9 Å². The first-order valence-corrected chi connectivity index (χ1v) is 6.77. The van der Waals surface area contributed by atoms with E-state index in [0.29, 0.717) is 25.4 Å². The summed E-state index contributed by atoms with van der Waals surface area (Å²) in [5.74, 6) is -0.461. The highest BCUT2D eigenvalue weighted by Gasteiger charge is 2.34. The molecule has 108 valence electrons. The largest absolute Gasteiger partial charge is 0.476 e. The summed E-state index contributed by atoms with van der Waals surface area (Å²) in [6.45, 7) is 3.09. The quantitative estimate of drug-likeness (QED) is 0.760. The van der Waals surface area contributed by atoms with Crippen molar-refractivity contribution in [2.24, 2.45) is 5.92 Å². The zero-order valence-electron chi connectivity index (χ0n) is 11.0. The standard InChI is InChI=1S/C12H17N5O3/c18-11(3-8-1-2-13-4-8)16-5-9(6-16)17-7-10(12(19)20)14-15-17/h7-9,13H,1-6H2,(H,19,20). The maximum Gasteiger partial charge on any atom is 0.358 e. The van der Waals surface area contributed by atoms with Crippen molar-refractivity contribution >= 4 is 11.9 Å². The number of carbonyl (C=O) groups excluding carboxylic acids is 1. The van der Waals surface area contributed by atoms with Gasteiger partial charge in [0.25, 0.3) is 0 Å². The molecule has 20 heavy (non-hydrogen) atoms. The van der Waals surface area contributed by atoms with Crippen LogP contribution in [0.1, 0.15) is 29.4 Å². The van der Waals surface area contributed by atoms with E-state index in [2.05, 4.69) is 15.6 Å². The molecule has 0 radical (unpaired) electrons. The summed E-state index contributed by atoms with van der Waals surface area (Å²) < 4.78 is 1.53. The van der Waals surface area contributed by atoms with Crippen LogP contribution in [-0.4, -0.2) is 63.1 Å². The molecule has 1 unspecified atom stereocenters. The number of aromatic nitrogens is 3. The van der Waals surface area contributed by atoms with Gasteiger partial charge in [-0.3, -0.25) is 4.79 Å². The molecular formula is C12H17N5O3. The van der Waals surface area contributed by atoms with Crippen LogP contribution in [0.4, 0.5) is 0 Å². The van der Waals surface area contributed by atoms with Gasteiger partial charge in [0.2, 0.25) is 5.91 Å². The molecule has 0 spiro atoms. The number of hydrogen-bond donors (Lipinski definition) is 2. The van der Waals surface area contributed by atoms with Crippen LogP contribution in [0.3, 0.4) is 0 Å². The van der Waals surface area contributed by atoms with Crippen LogP contribution in [0.15, 0.2) is 6.20 Å². The first-order chi connectivity index (χ1) is 9.63. The third kappa shape index (κ3) is 2.51. The van der Waals surface area contributed by atoms with E-state index < -0.39 is 5.97 Å². The molecule has 0 aromatic carbocycles. The number of carboxylic acids is 1. The van der Waals surface area contributed by atoms with Crippen LogP contribution in [-0.2, 0) is 4.79 Å². The Morgan fingerprint density at radius 1 is 1.45 bits per heavy atom. The number of rotatable bonds is 4. The molecular weight excluding hydrogens is 262 g/mol. The molecule has 0 saturated carbocycles. The first-order valence-electron chi connectivity index (χ1n) is 6.77. The van der Waals surface area contributed by atoms with Crippen molar-refractivity contribution in [1.29, 1.82) is 0 Å². The van der Waals surface area contributed by atoms with Gasteiger partial charge < -0.3 is 15.3 Å². The zero-order chi connectivity index (χ0) is 14.1. The lowest BCUT2D eigenvalue weighted by Gasteiger charge is -2.39. The van der Waals surface area contributed by atoms with Gasteiger partial charge in [0.15, 0.2) is 5.69 Å². The molecule has 2 aliphatic rings. The second-order valence-electron chi connectivity index (χ2n) is 5.40. The molecule has 1 aromatic heterocycles. The molecule has 2 N–H and O–H groups in total. The van der Waals surface area contributed by atoms with Crippen molar-refractivity contribution in [2.45, 2.75) is 18.9 Å². The van der Waals surface area contributed by atoms with Crippen molar-refractivity contribution in [3.63, 3.8) is 0 Å². The molecule has 1 amide bonds. The Bertz CT molecular complexity index is 517. The van der Waals surface area contributed by atoms with Crippen LogP contribution in [0.5, 0.6) is 0 Å². The van der Waals surface area contributed by atoms with Gasteiger partial charge in [-0.25, -0.2) is 9.48 Å². The number of carboxylic acid groups (broad SMARTS) is 1. The summed E-state index contributed by atoms with van der Waals surface area (Å²) in [7, 11) is 0. The number of nitrogens with one attached hydrogen (secondary N) is 1. The summed E-state index contributed by atoms with van der Waals surface area (Å²) >= 11 is 0. The Kier molecular flexibility index (Phi) is 3.39. The van der Waals surface area contributed by atoms with Crippen LogP contribution >= 0.6 is 0 Å². The van der Waals surface area contributed by atoms with Crippen molar-refractivity contribution < 1.29 is 14.7 Å². The Morgan fingerprint density at radius 2 is 2.25 bits per heavy atom. The molecule has 8 nitrogen and oxygen atoms in total. The Balaban J connectivity index is 1.49. The highest BCUT2D eigenvalue weighted by Crippen LogP contribution is 2.23. The minimum Gasteiger partial charge on any atom is -0.476 e. The fourth-order valence-electron chi connectivity index (χ4n) is 2.64. The van der Waals surface area contributed by atoms with Gasteiger partial charge >= 0.3 is 5.97 Å². The van der Waals surface area contributed by atoms with E-state index in [9.17, 15) is 9.59 Å². The second kappa shape index (κ2) is 5.20. The minimum atomic E-state index is -1.09. The van der Waals surface area contributed by atoms with Crippen molar-refractivity contribution in [3.8, 4) is 0 Å². The van der Waals surface area contributed by atoms with Gasteiger partial charge in [-0.2, -0.15) is 0 Å². The third-order valence-electron chi connectivity index (χ3n) is 3.94. The van der Waals surface area contributed by atoms with Gasteiger partial charge in [0.1, 0.15) is 0 Å². The molecule has 0 aliphatic carbocycles. The van der Waals surface area contributed by atoms with Gasteiger partial charge in [-0.1, -0.05) is 5.21 Å². The summed E-state index contributed by atoms with van der Waals surface area (Å²) in [6.07, 6.45) is 3.07. The number of nitrogens with zero attached hydrogens (tertiary/aromatic N) is 4. The average Bonchev–Trinajstić information content (AvgIpc) is 2.97. The van der Waals surface area contributed by atoms with E-state index in [1.807, 2.05) is 0 Å². The maximum absolute atomic E-state index is 12.0. The summed E-state index contributed by atoms with van der Waals surface area (Å²) in [5.41, 5.74) is -0.0631. The van der Waals surface area contributed by atoms with E-state index in [0.717, 1.165) is 19.5 Å². The summed E-state index contributed by atoms with van der Waals surface area (Å²) in [6, 6.07) is 0.0428. The predicted molar refractivity (Wildman–Crippen MR) is 68.2 cm³/mol. The molecule has 3 rings (SSSR count). The number of amides is 1. The molecule has 2 fully saturated rings. The average molecular weight is 279 g/mol. The number of hydrogen-bond acceptors (Lipinski definition) is 5. The monoisotopic (exact) mass is 279 g/mol. The normalized spacial score (nSPS) is 22.8. The Labute approximate surface area is 115 Å². The molecule has 1 aromatic rings. The second-order valence-corrected chi connectivity index (χ2v) is 5.40. The first kappa shape index (κ1) is 13.0. The van der Waals surface area contributed by atoms with E-state index in [-0.39, 0.29) is 17.6 Å². The molecule has 8 heteroatoms. The lowest BCUT2D eigenvalue weighted by atomic mass is 10.0. The summed E-state index contributed by atoms with van der Waals surface area (Å²) in [5, 5.41) is 19.4. The highest BCUT2D eigenvalue weighted by molar-refractivity contribution is 5.84. The molecule has 2 aliphatic heterocycles. The van der Waals surface area contributed by atoms with Crippen molar-refractivity contribution in [2.75, 3.05) is 26.2 Å². The summed E-state index contributed by atoms with van der Waals surface area (Å²) in [4.78, 5) is 24.5. The SMILES string of the molecule is O=C(O)c1cn(C2CN(C(=O)CC3CCNC3)C2)nn1. The van der Waals surface area contributed by atoms with Gasteiger partial charge in [-0.15, -0.1) is 5.10 Å². The van der Waals surface area contributed by atoms with Crippen LogP contribution in [0.25, 0.3) is 0 Å². The molecule has 2 saturated heterocycles. The van der Waals surface area contributed by atoms with E-state index >= 15 is 0 Å². The van der Waals surface area contributed by atoms with Gasteiger partial charge in [0, 0.05) is 19.5 Å². The molecule has 0 bridgehead atoms. The predicted octanol–water partition coefficient (Wildman–Crippen LogP) is -0.641. The topological polar surface area (TPSA) is 100 Å². The zero-order valence-corrected chi connectivity index (χ0v) is 11.0. The lowest BCUT2D eigenvalue weighted by Crippen LogP contribution is -2.51. The van der Waals surface area contributed by atoms with E-state index in [1.54, 1.807) is 4.90 Å².